The first kappa shape index (κ1) is 14.5. The summed E-state index contributed by atoms with van der Waals surface area (Å²) in [5, 5.41) is 8.96. The quantitative estimate of drug-likeness (QED) is 0.759. The van der Waals surface area contributed by atoms with Crippen molar-refractivity contribution in [2.75, 3.05) is 19.7 Å². The second-order valence-electron chi connectivity index (χ2n) is 5.44. The molecule has 0 spiro atoms. The average molecular weight is 242 g/mol. The van der Waals surface area contributed by atoms with E-state index in [2.05, 4.69) is 0 Å². The number of hydrogen-bond acceptors (Lipinski definition) is 3. The molecule has 0 bridgehead atoms. The highest BCUT2D eigenvalue weighted by molar-refractivity contribution is 5.85. The van der Waals surface area contributed by atoms with E-state index in [4.69, 9.17) is 10.8 Å². The van der Waals surface area contributed by atoms with E-state index in [1.165, 1.54) is 0 Å². The Morgan fingerprint density at radius 3 is 2.88 bits per heavy atom. The topological polar surface area (TPSA) is 66.6 Å². The van der Waals surface area contributed by atoms with Crippen molar-refractivity contribution < 1.29 is 9.90 Å². The number of aliphatic hydroxyl groups excluding tert-OH is 1. The molecule has 1 aliphatic rings. The summed E-state index contributed by atoms with van der Waals surface area (Å²) in [6.45, 7) is 5.66. The SMILES string of the molecule is CCCC(C)(N)C(=O)N1CCCC(CCO)C1. The van der Waals surface area contributed by atoms with Gasteiger partial charge in [-0.2, -0.15) is 0 Å². The molecule has 0 radical (unpaired) electrons. The lowest BCUT2D eigenvalue weighted by Gasteiger charge is -2.37. The largest absolute Gasteiger partial charge is 0.396 e. The Balaban J connectivity index is 2.56. The Morgan fingerprint density at radius 1 is 1.59 bits per heavy atom. The molecule has 1 rings (SSSR count). The van der Waals surface area contributed by atoms with Gasteiger partial charge in [-0.1, -0.05) is 13.3 Å². The number of aliphatic hydroxyl groups is 1. The lowest BCUT2D eigenvalue weighted by atomic mass is 9.91. The molecule has 2 unspecified atom stereocenters. The summed E-state index contributed by atoms with van der Waals surface area (Å²) in [7, 11) is 0. The smallest absolute Gasteiger partial charge is 0.242 e. The number of rotatable bonds is 5. The van der Waals surface area contributed by atoms with E-state index in [1.54, 1.807) is 0 Å². The lowest BCUT2D eigenvalue weighted by molar-refractivity contribution is -0.138. The summed E-state index contributed by atoms with van der Waals surface area (Å²) >= 11 is 0. The van der Waals surface area contributed by atoms with Gasteiger partial charge in [0.05, 0.1) is 5.54 Å². The molecule has 0 saturated carbocycles. The zero-order chi connectivity index (χ0) is 12.9. The van der Waals surface area contributed by atoms with E-state index < -0.39 is 5.54 Å². The fourth-order valence-corrected chi connectivity index (χ4v) is 2.66. The molecule has 17 heavy (non-hydrogen) atoms. The minimum Gasteiger partial charge on any atom is -0.396 e. The molecule has 3 N–H and O–H groups in total. The van der Waals surface area contributed by atoms with Crippen LogP contribution in [0, 0.1) is 5.92 Å². The maximum atomic E-state index is 12.3. The Morgan fingerprint density at radius 2 is 2.29 bits per heavy atom. The molecule has 0 aromatic rings. The molecule has 0 aromatic carbocycles. The van der Waals surface area contributed by atoms with E-state index in [-0.39, 0.29) is 12.5 Å². The molecule has 4 nitrogen and oxygen atoms in total. The van der Waals surface area contributed by atoms with Crippen molar-refractivity contribution in [2.24, 2.45) is 11.7 Å². The second-order valence-corrected chi connectivity index (χ2v) is 5.44. The minimum absolute atomic E-state index is 0.0713. The highest BCUT2D eigenvalue weighted by Crippen LogP contribution is 2.22. The standard InChI is InChI=1S/C13H26N2O2/c1-3-7-13(2,14)12(17)15-8-4-5-11(10-15)6-9-16/h11,16H,3-10,14H2,1-2H3. The van der Waals surface area contributed by atoms with Gasteiger partial charge in [0.25, 0.3) is 0 Å². The molecule has 0 aromatic heterocycles. The van der Waals surface area contributed by atoms with Crippen LogP contribution in [0.1, 0.15) is 46.0 Å². The Hall–Kier alpha value is -0.610. The fraction of sp³-hybridized carbons (Fsp3) is 0.923. The van der Waals surface area contributed by atoms with Crippen LogP contribution in [0.3, 0.4) is 0 Å². The maximum absolute atomic E-state index is 12.3. The van der Waals surface area contributed by atoms with E-state index >= 15 is 0 Å². The average Bonchev–Trinajstić information content (AvgIpc) is 2.29. The van der Waals surface area contributed by atoms with Crippen LogP contribution in [-0.2, 0) is 4.79 Å². The van der Waals surface area contributed by atoms with E-state index in [0.29, 0.717) is 5.92 Å². The third-order valence-electron chi connectivity index (χ3n) is 3.60. The molecule has 1 heterocycles. The zero-order valence-electron chi connectivity index (χ0n) is 11.1. The van der Waals surface area contributed by atoms with Gasteiger partial charge in [0.2, 0.25) is 5.91 Å². The van der Waals surface area contributed by atoms with Crippen LogP contribution in [0.25, 0.3) is 0 Å². The zero-order valence-corrected chi connectivity index (χ0v) is 11.1. The van der Waals surface area contributed by atoms with E-state index in [1.807, 2.05) is 18.7 Å². The highest BCUT2D eigenvalue weighted by Gasteiger charge is 2.34. The molecular formula is C13H26N2O2. The van der Waals surface area contributed by atoms with Crippen molar-refractivity contribution in [1.82, 2.24) is 4.90 Å². The number of piperidine rings is 1. The third kappa shape index (κ3) is 3.96. The van der Waals surface area contributed by atoms with Gasteiger partial charge in [0.1, 0.15) is 0 Å². The van der Waals surface area contributed by atoms with Crippen LogP contribution in [0.15, 0.2) is 0 Å². The first-order valence-corrected chi connectivity index (χ1v) is 6.70. The number of amides is 1. The Labute approximate surface area is 104 Å². The monoisotopic (exact) mass is 242 g/mol. The number of carbonyl (C=O) groups excluding carboxylic acids is 1. The Kier molecular flexibility index (Phi) is 5.40. The number of nitrogens with zero attached hydrogens (tertiary/aromatic N) is 1. The predicted octanol–water partition coefficient (Wildman–Crippen LogP) is 1.12. The lowest BCUT2D eigenvalue weighted by Crippen LogP contribution is -2.55. The summed E-state index contributed by atoms with van der Waals surface area (Å²) in [5.41, 5.74) is 5.35. The molecule has 4 heteroatoms. The van der Waals surface area contributed by atoms with E-state index in [0.717, 1.165) is 45.2 Å². The van der Waals surface area contributed by atoms with Crippen molar-refractivity contribution >= 4 is 5.91 Å². The Bertz CT molecular complexity index is 252. The van der Waals surface area contributed by atoms with Gasteiger partial charge in [-0.3, -0.25) is 4.79 Å². The summed E-state index contributed by atoms with van der Waals surface area (Å²) in [6.07, 6.45) is 4.58. The summed E-state index contributed by atoms with van der Waals surface area (Å²) in [5.74, 6) is 0.511. The van der Waals surface area contributed by atoms with Crippen molar-refractivity contribution in [2.45, 2.75) is 51.5 Å². The molecule has 1 aliphatic heterocycles. The molecule has 1 saturated heterocycles. The normalized spacial score (nSPS) is 24.5. The van der Waals surface area contributed by atoms with Gasteiger partial charge in [-0.25, -0.2) is 0 Å². The van der Waals surface area contributed by atoms with Gasteiger partial charge in [0.15, 0.2) is 0 Å². The van der Waals surface area contributed by atoms with Crippen molar-refractivity contribution in [3.8, 4) is 0 Å². The molecular weight excluding hydrogens is 216 g/mol. The fourth-order valence-electron chi connectivity index (χ4n) is 2.66. The van der Waals surface area contributed by atoms with Crippen LogP contribution in [0.2, 0.25) is 0 Å². The van der Waals surface area contributed by atoms with Gasteiger partial charge in [0, 0.05) is 19.7 Å². The number of nitrogens with two attached hydrogens (primary N) is 1. The first-order chi connectivity index (χ1) is 8.01. The van der Waals surface area contributed by atoms with Gasteiger partial charge >= 0.3 is 0 Å². The van der Waals surface area contributed by atoms with Gasteiger partial charge < -0.3 is 15.7 Å². The molecule has 0 aliphatic carbocycles. The van der Waals surface area contributed by atoms with Crippen LogP contribution in [0.4, 0.5) is 0 Å². The minimum atomic E-state index is -0.726. The van der Waals surface area contributed by atoms with Crippen LogP contribution in [-0.4, -0.2) is 41.1 Å². The van der Waals surface area contributed by atoms with Gasteiger partial charge in [-0.05, 0) is 38.5 Å². The van der Waals surface area contributed by atoms with Crippen LogP contribution in [0.5, 0.6) is 0 Å². The van der Waals surface area contributed by atoms with Crippen molar-refractivity contribution in [3.63, 3.8) is 0 Å². The van der Waals surface area contributed by atoms with Crippen LogP contribution >= 0.6 is 0 Å². The molecule has 1 fully saturated rings. The molecule has 100 valence electrons. The number of carbonyl (C=O) groups is 1. The summed E-state index contributed by atoms with van der Waals surface area (Å²) < 4.78 is 0. The number of hydrogen-bond donors (Lipinski definition) is 2. The predicted molar refractivity (Wildman–Crippen MR) is 68.5 cm³/mol. The van der Waals surface area contributed by atoms with Crippen LogP contribution < -0.4 is 5.73 Å². The van der Waals surface area contributed by atoms with E-state index in [9.17, 15) is 4.79 Å². The first-order valence-electron chi connectivity index (χ1n) is 6.70. The number of likely N-dealkylation sites (tertiary alicyclic amines) is 1. The molecule has 1 amide bonds. The summed E-state index contributed by atoms with van der Waals surface area (Å²) in [6, 6.07) is 0. The molecule has 2 atom stereocenters. The maximum Gasteiger partial charge on any atom is 0.242 e. The third-order valence-corrected chi connectivity index (χ3v) is 3.60. The highest BCUT2D eigenvalue weighted by atomic mass is 16.3. The van der Waals surface area contributed by atoms with Crippen molar-refractivity contribution in [3.05, 3.63) is 0 Å². The van der Waals surface area contributed by atoms with Crippen molar-refractivity contribution in [1.29, 1.82) is 0 Å². The van der Waals surface area contributed by atoms with Gasteiger partial charge in [-0.15, -0.1) is 0 Å². The summed E-state index contributed by atoms with van der Waals surface area (Å²) in [4.78, 5) is 14.2. The second kappa shape index (κ2) is 6.36.